The van der Waals surface area contributed by atoms with Crippen molar-refractivity contribution in [3.63, 3.8) is 0 Å². The molecule has 0 bridgehead atoms. The van der Waals surface area contributed by atoms with Crippen LogP contribution in [0.25, 0.3) is 0 Å². The average molecular weight is 254 g/mol. The molecule has 1 saturated heterocycles. The molecule has 1 aliphatic heterocycles. The molecule has 1 fully saturated rings. The molecule has 1 aliphatic rings. The number of para-hydroxylation sites is 1. The van der Waals surface area contributed by atoms with Crippen LogP contribution in [-0.2, 0) is 4.74 Å². The Kier molecular flexibility index (Phi) is 4.15. The van der Waals surface area contributed by atoms with E-state index >= 15 is 0 Å². The molecule has 4 nitrogen and oxygen atoms in total. The largest absolute Gasteiger partial charge is 0.487 e. The fourth-order valence-electron chi connectivity index (χ4n) is 1.94. The van der Waals surface area contributed by atoms with Gasteiger partial charge in [-0.1, -0.05) is 6.07 Å². The summed E-state index contributed by atoms with van der Waals surface area (Å²) in [4.78, 5) is 10.9. The van der Waals surface area contributed by atoms with E-state index in [2.05, 4.69) is 0 Å². The number of hydrogen-bond acceptors (Lipinski definition) is 3. The zero-order valence-corrected chi connectivity index (χ0v) is 9.89. The Bertz CT molecular complexity index is 427. The molecule has 1 unspecified atom stereocenters. The lowest BCUT2D eigenvalue weighted by Crippen LogP contribution is -2.26. The first-order chi connectivity index (χ1) is 8.68. The molecule has 1 atom stereocenters. The second-order valence-electron chi connectivity index (χ2n) is 4.22. The Labute approximate surface area is 104 Å². The summed E-state index contributed by atoms with van der Waals surface area (Å²) in [5.41, 5.74) is -0.161. The van der Waals surface area contributed by atoms with Crippen molar-refractivity contribution in [1.82, 2.24) is 0 Å². The molecular weight excluding hydrogens is 239 g/mol. The highest BCUT2D eigenvalue weighted by Gasteiger charge is 2.19. The van der Waals surface area contributed by atoms with Crippen LogP contribution >= 0.6 is 0 Å². The minimum atomic E-state index is -1.20. The average Bonchev–Trinajstić information content (AvgIpc) is 2.38. The Morgan fingerprint density at radius 2 is 2.33 bits per heavy atom. The van der Waals surface area contributed by atoms with E-state index in [1.54, 1.807) is 0 Å². The predicted octanol–water partition coefficient (Wildman–Crippen LogP) is 2.47. The van der Waals surface area contributed by atoms with Crippen molar-refractivity contribution in [2.45, 2.75) is 25.4 Å². The van der Waals surface area contributed by atoms with E-state index in [0.29, 0.717) is 6.61 Å². The van der Waals surface area contributed by atoms with Gasteiger partial charge in [-0.25, -0.2) is 9.18 Å². The van der Waals surface area contributed by atoms with Crippen LogP contribution in [0.5, 0.6) is 5.75 Å². The summed E-state index contributed by atoms with van der Waals surface area (Å²) in [5.74, 6) is -2.07. The molecule has 1 aromatic rings. The number of rotatable bonds is 4. The third-order valence-electron chi connectivity index (χ3n) is 2.88. The lowest BCUT2D eigenvalue weighted by molar-refractivity contribution is -0.0120. The molecule has 5 heteroatoms. The lowest BCUT2D eigenvalue weighted by Gasteiger charge is -2.23. The highest BCUT2D eigenvalue weighted by atomic mass is 19.1. The fourth-order valence-corrected chi connectivity index (χ4v) is 1.94. The van der Waals surface area contributed by atoms with Gasteiger partial charge in [-0.05, 0) is 31.4 Å². The summed E-state index contributed by atoms with van der Waals surface area (Å²) in [5, 5.41) is 8.95. The number of halogens is 1. The summed E-state index contributed by atoms with van der Waals surface area (Å²) in [6, 6.07) is 3.86. The van der Waals surface area contributed by atoms with Crippen LogP contribution < -0.4 is 4.74 Å². The van der Waals surface area contributed by atoms with E-state index in [9.17, 15) is 9.18 Å². The lowest BCUT2D eigenvalue weighted by atomic mass is 10.1. The van der Waals surface area contributed by atoms with Gasteiger partial charge in [0.1, 0.15) is 12.2 Å². The van der Waals surface area contributed by atoms with Crippen molar-refractivity contribution in [2.24, 2.45) is 0 Å². The second-order valence-corrected chi connectivity index (χ2v) is 4.22. The maximum Gasteiger partial charge on any atom is 0.339 e. The summed E-state index contributed by atoms with van der Waals surface area (Å²) >= 11 is 0. The van der Waals surface area contributed by atoms with Crippen LogP contribution in [0.3, 0.4) is 0 Å². The first kappa shape index (κ1) is 12.8. The topological polar surface area (TPSA) is 55.8 Å². The van der Waals surface area contributed by atoms with Crippen molar-refractivity contribution in [3.05, 3.63) is 29.6 Å². The minimum absolute atomic E-state index is 0.0833. The van der Waals surface area contributed by atoms with Crippen molar-refractivity contribution >= 4 is 5.97 Å². The van der Waals surface area contributed by atoms with Gasteiger partial charge in [0.25, 0.3) is 0 Å². The summed E-state index contributed by atoms with van der Waals surface area (Å²) in [7, 11) is 0. The van der Waals surface area contributed by atoms with E-state index in [1.807, 2.05) is 0 Å². The fraction of sp³-hybridized carbons (Fsp3) is 0.462. The summed E-state index contributed by atoms with van der Waals surface area (Å²) < 4.78 is 24.3. The molecular formula is C13H15FO4. The molecule has 1 aromatic carbocycles. The minimum Gasteiger partial charge on any atom is -0.487 e. The highest BCUT2D eigenvalue weighted by molar-refractivity contribution is 5.90. The highest BCUT2D eigenvalue weighted by Crippen LogP contribution is 2.24. The van der Waals surface area contributed by atoms with Gasteiger partial charge in [0.05, 0.1) is 6.10 Å². The van der Waals surface area contributed by atoms with Gasteiger partial charge >= 0.3 is 5.97 Å². The van der Waals surface area contributed by atoms with Gasteiger partial charge in [-0.15, -0.1) is 0 Å². The zero-order chi connectivity index (χ0) is 13.0. The van der Waals surface area contributed by atoms with Crippen LogP contribution in [0.2, 0.25) is 0 Å². The third-order valence-corrected chi connectivity index (χ3v) is 2.88. The Hall–Kier alpha value is -1.62. The number of ether oxygens (including phenoxy) is 2. The maximum atomic E-state index is 13.5. The van der Waals surface area contributed by atoms with Gasteiger partial charge in [0, 0.05) is 6.61 Å². The smallest absolute Gasteiger partial charge is 0.339 e. The van der Waals surface area contributed by atoms with E-state index in [1.165, 1.54) is 18.2 Å². The second kappa shape index (κ2) is 5.82. The van der Waals surface area contributed by atoms with Gasteiger partial charge in [0.15, 0.2) is 11.6 Å². The number of hydrogen-bond donors (Lipinski definition) is 1. The summed E-state index contributed by atoms with van der Waals surface area (Å²) in [6.07, 6.45) is 2.85. The molecule has 0 radical (unpaired) electrons. The molecule has 0 aromatic heterocycles. The zero-order valence-electron chi connectivity index (χ0n) is 9.89. The molecule has 1 heterocycles. The van der Waals surface area contributed by atoms with E-state index < -0.39 is 11.8 Å². The van der Waals surface area contributed by atoms with Crippen LogP contribution in [-0.4, -0.2) is 30.4 Å². The molecule has 0 aliphatic carbocycles. The Morgan fingerprint density at radius 3 is 3.00 bits per heavy atom. The van der Waals surface area contributed by atoms with Gasteiger partial charge in [0.2, 0.25) is 0 Å². The van der Waals surface area contributed by atoms with E-state index in [4.69, 9.17) is 14.6 Å². The van der Waals surface area contributed by atoms with E-state index in [-0.39, 0.29) is 24.0 Å². The molecule has 0 saturated carbocycles. The number of carbonyl (C=O) groups is 1. The van der Waals surface area contributed by atoms with Crippen molar-refractivity contribution in [3.8, 4) is 5.75 Å². The quantitative estimate of drug-likeness (QED) is 0.896. The van der Waals surface area contributed by atoms with Crippen molar-refractivity contribution in [2.75, 3.05) is 13.2 Å². The number of carboxylic acids is 1. The normalized spacial score (nSPS) is 19.5. The van der Waals surface area contributed by atoms with Crippen LogP contribution in [0.1, 0.15) is 29.6 Å². The van der Waals surface area contributed by atoms with E-state index in [0.717, 1.165) is 19.3 Å². The monoisotopic (exact) mass is 254 g/mol. The van der Waals surface area contributed by atoms with Crippen molar-refractivity contribution in [1.29, 1.82) is 0 Å². The molecule has 0 amide bonds. The maximum absolute atomic E-state index is 13.5. The van der Waals surface area contributed by atoms with Crippen LogP contribution in [0, 0.1) is 5.82 Å². The predicted molar refractivity (Wildman–Crippen MR) is 62.4 cm³/mol. The Morgan fingerprint density at radius 1 is 1.50 bits per heavy atom. The SMILES string of the molecule is O=C(O)c1cccc(F)c1OCC1CCCCO1. The van der Waals surface area contributed by atoms with Gasteiger partial charge in [-0.3, -0.25) is 0 Å². The third kappa shape index (κ3) is 2.98. The van der Waals surface area contributed by atoms with Gasteiger partial charge in [-0.2, -0.15) is 0 Å². The summed E-state index contributed by atoms with van der Waals surface area (Å²) in [6.45, 7) is 0.859. The molecule has 98 valence electrons. The Balaban J connectivity index is 2.05. The number of carboxylic acid groups (broad SMARTS) is 1. The molecule has 18 heavy (non-hydrogen) atoms. The standard InChI is InChI=1S/C13H15FO4/c14-11-6-3-5-10(13(15)16)12(11)18-8-9-4-1-2-7-17-9/h3,5-6,9H,1-2,4,7-8H2,(H,15,16). The molecule has 1 N–H and O–H groups in total. The first-order valence-corrected chi connectivity index (χ1v) is 5.94. The first-order valence-electron chi connectivity index (χ1n) is 5.94. The number of aromatic carboxylic acids is 1. The van der Waals surface area contributed by atoms with Crippen molar-refractivity contribution < 1.29 is 23.8 Å². The molecule has 2 rings (SSSR count). The van der Waals surface area contributed by atoms with Crippen LogP contribution in [0.4, 0.5) is 4.39 Å². The number of benzene rings is 1. The van der Waals surface area contributed by atoms with Gasteiger partial charge < -0.3 is 14.6 Å². The molecule has 0 spiro atoms. The van der Waals surface area contributed by atoms with Crippen LogP contribution in [0.15, 0.2) is 18.2 Å².